The molecular weight excluding hydrogens is 324 g/mol. The molecule has 0 aromatic heterocycles. The van der Waals surface area contributed by atoms with Crippen LogP contribution in [0.3, 0.4) is 0 Å². The predicted octanol–water partition coefficient (Wildman–Crippen LogP) is 4.89. The highest BCUT2D eigenvalue weighted by Crippen LogP contribution is 2.15. The first kappa shape index (κ1) is 22.7. The van der Waals surface area contributed by atoms with E-state index in [0.29, 0.717) is 19.3 Å². The highest BCUT2D eigenvalue weighted by atomic mass is 16.6. The molecule has 1 radical (unpaired) electrons. The lowest BCUT2D eigenvalue weighted by molar-refractivity contribution is -0.450. The second-order valence-electron chi connectivity index (χ2n) is 5.67. The van der Waals surface area contributed by atoms with Crippen LogP contribution < -0.4 is 0 Å². The van der Waals surface area contributed by atoms with Gasteiger partial charge in [-0.25, -0.2) is 0 Å². The highest BCUT2D eigenvalue weighted by Gasteiger charge is 2.20. The Morgan fingerprint density at radius 2 is 1.56 bits per heavy atom. The lowest BCUT2D eigenvalue weighted by Crippen LogP contribution is -2.06. The smallest absolute Gasteiger partial charge is 0.253 e. The van der Waals surface area contributed by atoms with Gasteiger partial charge >= 0.3 is 0 Å². The topological polar surface area (TPSA) is 103 Å². The second-order valence-corrected chi connectivity index (χ2v) is 5.67. The van der Waals surface area contributed by atoms with Gasteiger partial charge in [-0.1, -0.05) is 31.9 Å². The first-order valence-electron chi connectivity index (χ1n) is 8.69. The molecule has 0 rings (SSSR count). The zero-order valence-electron chi connectivity index (χ0n) is 14.8. The normalized spacial score (nSPS) is 12.5. The van der Waals surface area contributed by atoms with Gasteiger partial charge in [0.05, 0.1) is 9.85 Å². The minimum atomic E-state index is -0.558. The molecule has 0 aliphatic carbocycles. The summed E-state index contributed by atoms with van der Waals surface area (Å²) in [4.78, 5) is 31.1. The number of rotatable bonds is 15. The number of hydrogen-bond acceptors (Lipinski definition) is 5. The van der Waals surface area contributed by atoms with Gasteiger partial charge in [0.15, 0.2) is 6.29 Å². The van der Waals surface area contributed by atoms with Crippen LogP contribution in [-0.4, -0.2) is 16.1 Å². The van der Waals surface area contributed by atoms with Crippen molar-refractivity contribution in [3.63, 3.8) is 0 Å². The summed E-state index contributed by atoms with van der Waals surface area (Å²) in [6.07, 6.45) is 14.8. The van der Waals surface area contributed by atoms with E-state index in [9.17, 15) is 25.0 Å². The van der Waals surface area contributed by atoms with Crippen molar-refractivity contribution in [2.75, 3.05) is 0 Å². The van der Waals surface area contributed by atoms with Crippen LogP contribution in [0.2, 0.25) is 0 Å². The van der Waals surface area contributed by atoms with E-state index in [4.69, 9.17) is 0 Å². The Balaban J connectivity index is 4.58. The van der Waals surface area contributed by atoms with E-state index in [1.165, 1.54) is 12.2 Å². The monoisotopic (exact) mass is 351 g/mol. The lowest BCUT2D eigenvalue weighted by Gasteiger charge is -1.99. The highest BCUT2D eigenvalue weighted by molar-refractivity contribution is 5.50. The minimum Gasteiger partial charge on any atom is -0.291 e. The lowest BCUT2D eigenvalue weighted by atomic mass is 10.1. The number of nitrogens with zero attached hydrogens (tertiary/aromatic N) is 2. The Bertz CT molecular complexity index is 510. The summed E-state index contributed by atoms with van der Waals surface area (Å²) in [5.41, 5.74) is -0.271. The average Bonchev–Trinajstić information content (AvgIpc) is 2.57. The fourth-order valence-corrected chi connectivity index (χ4v) is 2.15. The van der Waals surface area contributed by atoms with Crippen LogP contribution in [0.25, 0.3) is 0 Å². The Morgan fingerprint density at radius 3 is 2.16 bits per heavy atom. The molecule has 0 aromatic rings. The van der Waals surface area contributed by atoms with Crippen molar-refractivity contribution >= 4 is 6.29 Å². The van der Waals surface area contributed by atoms with Crippen molar-refractivity contribution in [1.29, 1.82) is 0 Å². The molecule has 0 atom stereocenters. The van der Waals surface area contributed by atoms with Crippen LogP contribution in [-0.2, 0) is 4.79 Å². The quantitative estimate of drug-likeness (QED) is 0.181. The van der Waals surface area contributed by atoms with Gasteiger partial charge in [-0.3, -0.25) is 25.0 Å². The Hall–Kier alpha value is -2.31. The van der Waals surface area contributed by atoms with Crippen molar-refractivity contribution in [2.45, 2.75) is 71.1 Å². The van der Waals surface area contributed by atoms with Gasteiger partial charge in [-0.15, -0.1) is 0 Å². The van der Waals surface area contributed by atoms with Crippen LogP contribution in [0.5, 0.6) is 0 Å². The molecule has 0 saturated carbocycles. The van der Waals surface area contributed by atoms with Crippen molar-refractivity contribution in [2.24, 2.45) is 0 Å². The van der Waals surface area contributed by atoms with Crippen LogP contribution in [0.1, 0.15) is 71.1 Å². The van der Waals surface area contributed by atoms with E-state index in [1.54, 1.807) is 6.08 Å². The largest absolute Gasteiger partial charge is 0.291 e. The predicted molar refractivity (Wildman–Crippen MR) is 96.8 cm³/mol. The van der Waals surface area contributed by atoms with Crippen LogP contribution in [0.4, 0.5) is 0 Å². The maximum atomic E-state index is 11.1. The molecule has 0 N–H and O–H groups in total. The van der Waals surface area contributed by atoms with Gasteiger partial charge in [-0.05, 0) is 50.7 Å². The summed E-state index contributed by atoms with van der Waals surface area (Å²) in [7, 11) is 0. The third kappa shape index (κ3) is 12.7. The van der Waals surface area contributed by atoms with Gasteiger partial charge in [0.1, 0.15) is 6.42 Å². The van der Waals surface area contributed by atoms with E-state index >= 15 is 0 Å². The zero-order valence-corrected chi connectivity index (χ0v) is 14.8. The molecule has 7 heteroatoms. The minimum absolute atomic E-state index is 0.117. The van der Waals surface area contributed by atoms with E-state index in [0.717, 1.165) is 38.5 Å². The Morgan fingerprint density at radius 1 is 0.920 bits per heavy atom. The molecule has 0 fully saturated rings. The Labute approximate surface area is 148 Å². The maximum Gasteiger partial charge on any atom is 0.253 e. The molecule has 0 aliphatic rings. The molecule has 0 unspecified atom stereocenters. The summed E-state index contributed by atoms with van der Waals surface area (Å²) < 4.78 is 0. The number of unbranched alkanes of at least 4 members (excludes halogenated alkanes) is 6. The third-order valence-corrected chi connectivity index (χ3v) is 3.57. The van der Waals surface area contributed by atoms with Crippen LogP contribution >= 0.6 is 0 Å². The van der Waals surface area contributed by atoms with Gasteiger partial charge in [-0.2, -0.15) is 0 Å². The van der Waals surface area contributed by atoms with Crippen molar-refractivity contribution in [3.05, 3.63) is 55.9 Å². The summed E-state index contributed by atoms with van der Waals surface area (Å²) in [6.45, 7) is 2.04. The zero-order chi connectivity index (χ0) is 18.9. The van der Waals surface area contributed by atoms with E-state index < -0.39 is 9.85 Å². The molecule has 25 heavy (non-hydrogen) atoms. The van der Waals surface area contributed by atoms with Gasteiger partial charge in [0.2, 0.25) is 0 Å². The molecule has 0 bridgehead atoms. The van der Waals surface area contributed by atoms with E-state index in [2.05, 4.69) is 0 Å². The molecule has 0 saturated heterocycles. The molecule has 0 aliphatic heterocycles. The van der Waals surface area contributed by atoms with Gasteiger partial charge in [0.25, 0.3) is 11.4 Å². The van der Waals surface area contributed by atoms with E-state index in [1.807, 2.05) is 19.3 Å². The number of hydrogen-bond donors (Lipinski definition) is 0. The van der Waals surface area contributed by atoms with Crippen molar-refractivity contribution < 1.29 is 14.6 Å². The average molecular weight is 351 g/mol. The molecule has 0 aromatic carbocycles. The molecule has 7 nitrogen and oxygen atoms in total. The first-order valence-corrected chi connectivity index (χ1v) is 8.69. The van der Waals surface area contributed by atoms with E-state index in [-0.39, 0.29) is 17.8 Å². The van der Waals surface area contributed by atoms with Crippen LogP contribution in [0.15, 0.2) is 35.7 Å². The molecule has 0 amide bonds. The molecular formula is C18H27N2O5. The fraction of sp³-hybridized carbons (Fsp3) is 0.611. The fourth-order valence-electron chi connectivity index (χ4n) is 2.15. The second kappa shape index (κ2) is 15.2. The molecule has 0 heterocycles. The van der Waals surface area contributed by atoms with Crippen LogP contribution in [0, 0.1) is 20.2 Å². The SMILES string of the molecule is CCCCC/C=C(/C/C(=C/C/C=C/CCCC[C]=O)[N+](=O)[O-])[N+](=O)[O-]. The Kier molecular flexibility index (Phi) is 13.8. The summed E-state index contributed by atoms with van der Waals surface area (Å²) in [5.74, 6) is 0. The number of allylic oxidation sites excluding steroid dienone is 4. The molecule has 139 valence electrons. The first-order chi connectivity index (χ1) is 12.0. The standard InChI is InChI=1S/C18H27N2O5/c1-2-3-4-10-13-17(19(22)23)16-18(20(24)25)14-11-8-6-5-7-9-12-15-21/h6,8,13-14H,2-5,7,9-12,16H2,1H3/b8-6+,17-13-,18-14-. The molecule has 0 spiro atoms. The summed E-state index contributed by atoms with van der Waals surface area (Å²) in [6, 6.07) is 0. The summed E-state index contributed by atoms with van der Waals surface area (Å²) >= 11 is 0. The van der Waals surface area contributed by atoms with Gasteiger partial charge < -0.3 is 0 Å². The third-order valence-electron chi connectivity index (χ3n) is 3.57. The number of nitro groups is 2. The maximum absolute atomic E-state index is 11.1. The summed E-state index contributed by atoms with van der Waals surface area (Å²) in [5, 5.41) is 22.2. The van der Waals surface area contributed by atoms with Crippen molar-refractivity contribution in [3.8, 4) is 0 Å². The number of carbonyl (C=O) groups excluding carboxylic acids is 1. The van der Waals surface area contributed by atoms with Gasteiger partial charge in [0, 0.05) is 6.42 Å². The van der Waals surface area contributed by atoms with Crippen molar-refractivity contribution in [1.82, 2.24) is 0 Å².